The number of halogens is 1. The molecule has 2 aliphatic heterocycles. The summed E-state index contributed by atoms with van der Waals surface area (Å²) in [6, 6.07) is 9.50. The van der Waals surface area contributed by atoms with Crippen molar-refractivity contribution < 1.29 is 17.6 Å². The Labute approximate surface area is 226 Å². The Hall–Kier alpha value is -3.68. The number of nitrogens with zero attached hydrogens (tertiary/aromatic N) is 5. The predicted molar refractivity (Wildman–Crippen MR) is 144 cm³/mol. The second-order valence-electron chi connectivity index (χ2n) is 9.99. The van der Waals surface area contributed by atoms with Crippen LogP contribution in [0, 0.1) is 24.1 Å². The van der Waals surface area contributed by atoms with Gasteiger partial charge in [-0.2, -0.15) is 14.2 Å². The smallest absolute Gasteiger partial charge is 0.264 e. The molecule has 5 rings (SSSR count). The molecule has 1 amide bonds. The van der Waals surface area contributed by atoms with E-state index in [4.69, 9.17) is 5.41 Å². The summed E-state index contributed by atoms with van der Waals surface area (Å²) in [5.74, 6) is -0.180. The topological polar surface area (TPSA) is 136 Å². The quantitative estimate of drug-likeness (QED) is 0.363. The first-order valence-corrected chi connectivity index (χ1v) is 14.1. The molecule has 0 spiro atoms. The van der Waals surface area contributed by atoms with E-state index < -0.39 is 10.0 Å². The van der Waals surface area contributed by atoms with E-state index in [1.807, 2.05) is 19.1 Å². The van der Waals surface area contributed by atoms with Crippen LogP contribution in [0.25, 0.3) is 0 Å². The minimum Gasteiger partial charge on any atom is -0.356 e. The summed E-state index contributed by atoms with van der Waals surface area (Å²) in [6.45, 7) is 4.13. The molecule has 0 aliphatic carbocycles. The lowest BCUT2D eigenvalue weighted by Crippen LogP contribution is -2.51. The van der Waals surface area contributed by atoms with Crippen molar-refractivity contribution in [2.24, 2.45) is 13.0 Å². The molecule has 39 heavy (non-hydrogen) atoms. The second kappa shape index (κ2) is 10.8. The van der Waals surface area contributed by atoms with E-state index in [0.717, 1.165) is 11.1 Å². The number of piperazine rings is 1. The Morgan fingerprint density at radius 3 is 2.64 bits per heavy atom. The normalized spacial score (nSPS) is 20.6. The summed E-state index contributed by atoms with van der Waals surface area (Å²) >= 11 is 0. The van der Waals surface area contributed by atoms with Gasteiger partial charge >= 0.3 is 0 Å². The molecular weight excluding hydrogens is 523 g/mol. The number of carbonyl (C=O) groups excluding carboxylic acids is 1. The Bertz CT molecular complexity index is 1490. The second-order valence-corrected chi connectivity index (χ2v) is 11.9. The Balaban J connectivity index is 1.48. The lowest BCUT2D eigenvalue weighted by molar-refractivity contribution is -0.119. The zero-order chi connectivity index (χ0) is 27.7. The van der Waals surface area contributed by atoms with Crippen LogP contribution < -0.4 is 10.6 Å². The fourth-order valence-electron chi connectivity index (χ4n) is 5.25. The number of anilines is 2. The van der Waals surface area contributed by atoms with Crippen molar-refractivity contribution in [2.75, 3.05) is 38.0 Å². The van der Waals surface area contributed by atoms with Crippen molar-refractivity contribution in [3.05, 3.63) is 65.1 Å². The zero-order valence-electron chi connectivity index (χ0n) is 21.8. The maximum Gasteiger partial charge on any atom is 0.264 e. The van der Waals surface area contributed by atoms with Crippen molar-refractivity contribution >= 4 is 33.5 Å². The first kappa shape index (κ1) is 26.9. The van der Waals surface area contributed by atoms with E-state index in [0.29, 0.717) is 43.0 Å². The van der Waals surface area contributed by atoms with Gasteiger partial charge in [-0.3, -0.25) is 9.69 Å². The number of hydrogen-bond acceptors (Lipinski definition) is 8. The van der Waals surface area contributed by atoms with Gasteiger partial charge in [0, 0.05) is 75.4 Å². The summed E-state index contributed by atoms with van der Waals surface area (Å²) < 4.78 is 41.7. The van der Waals surface area contributed by atoms with Crippen LogP contribution in [-0.2, 0) is 21.9 Å². The molecule has 0 radical (unpaired) electrons. The van der Waals surface area contributed by atoms with Crippen LogP contribution in [0.2, 0.25) is 0 Å². The molecule has 0 saturated carbocycles. The van der Waals surface area contributed by atoms with Gasteiger partial charge in [-0.05, 0) is 60.4 Å². The number of rotatable bonds is 8. The van der Waals surface area contributed by atoms with Gasteiger partial charge in [0.2, 0.25) is 10.9 Å². The Morgan fingerprint density at radius 2 is 2.00 bits per heavy atom. The molecule has 3 heterocycles. The minimum absolute atomic E-state index is 0.0268. The van der Waals surface area contributed by atoms with Crippen LogP contribution in [0.1, 0.15) is 29.2 Å². The number of benzene rings is 2. The maximum atomic E-state index is 13.4. The summed E-state index contributed by atoms with van der Waals surface area (Å²) in [4.78, 5) is 15.3. The maximum absolute atomic E-state index is 13.4. The van der Waals surface area contributed by atoms with Gasteiger partial charge in [0.05, 0.1) is 6.20 Å². The number of carbonyl (C=O) groups is 1. The molecule has 3 N–H and O–H groups in total. The van der Waals surface area contributed by atoms with Crippen LogP contribution in [0.15, 0.2) is 47.6 Å². The molecule has 11 nitrogen and oxygen atoms in total. The molecule has 2 aliphatic rings. The number of sulfonamides is 1. The van der Waals surface area contributed by atoms with E-state index in [2.05, 4.69) is 25.7 Å². The van der Waals surface area contributed by atoms with Gasteiger partial charge in [-0.15, -0.1) is 5.10 Å². The van der Waals surface area contributed by atoms with Crippen molar-refractivity contribution in [1.82, 2.24) is 29.5 Å². The first-order chi connectivity index (χ1) is 18.6. The fourth-order valence-corrected chi connectivity index (χ4v) is 6.57. The first-order valence-electron chi connectivity index (χ1n) is 12.7. The lowest BCUT2D eigenvalue weighted by atomic mass is 9.94. The molecule has 3 aromatic rings. The SMILES string of the molecule is Cc1cc(Nc2ccc(F)cc2)c(C=N)cc1[C@@H]1CN(S(=O)(=O)c2cnn(C)n2)CCN1CC1CNC(=O)C1. The van der Waals surface area contributed by atoms with Crippen molar-refractivity contribution in [1.29, 1.82) is 5.41 Å². The van der Waals surface area contributed by atoms with Crippen LogP contribution in [0.3, 0.4) is 0 Å². The van der Waals surface area contributed by atoms with Crippen molar-refractivity contribution in [3.63, 3.8) is 0 Å². The minimum atomic E-state index is -3.86. The highest BCUT2D eigenvalue weighted by Crippen LogP contribution is 2.34. The molecule has 1 aromatic heterocycles. The Kier molecular flexibility index (Phi) is 7.47. The van der Waals surface area contributed by atoms with Gasteiger partial charge in [0.15, 0.2) is 0 Å². The molecule has 2 fully saturated rings. The van der Waals surface area contributed by atoms with Crippen LogP contribution in [0.5, 0.6) is 0 Å². The zero-order valence-corrected chi connectivity index (χ0v) is 22.6. The van der Waals surface area contributed by atoms with Crippen LogP contribution in [0.4, 0.5) is 15.8 Å². The summed E-state index contributed by atoms with van der Waals surface area (Å²) in [5.41, 5.74) is 3.81. The molecule has 206 valence electrons. The molecule has 0 bridgehead atoms. The lowest BCUT2D eigenvalue weighted by Gasteiger charge is -2.42. The highest BCUT2D eigenvalue weighted by atomic mass is 32.2. The summed E-state index contributed by atoms with van der Waals surface area (Å²) in [6.07, 6.45) is 2.94. The number of nitrogens with one attached hydrogen (secondary N) is 3. The van der Waals surface area contributed by atoms with Gasteiger partial charge in [-0.1, -0.05) is 0 Å². The largest absolute Gasteiger partial charge is 0.356 e. The molecular formula is C26H31FN8O3S. The highest BCUT2D eigenvalue weighted by molar-refractivity contribution is 7.89. The number of hydrogen-bond donors (Lipinski definition) is 3. The molecule has 2 aromatic carbocycles. The summed E-state index contributed by atoms with van der Waals surface area (Å²) in [7, 11) is -2.29. The molecule has 1 unspecified atom stereocenters. The van der Waals surface area contributed by atoms with Crippen LogP contribution in [-0.4, -0.2) is 77.5 Å². The molecule has 2 atom stereocenters. The van der Waals surface area contributed by atoms with Gasteiger partial charge < -0.3 is 16.0 Å². The fraction of sp³-hybridized carbons (Fsp3) is 0.385. The number of amides is 1. The van der Waals surface area contributed by atoms with E-state index >= 15 is 0 Å². The molecule has 2 saturated heterocycles. The van der Waals surface area contributed by atoms with E-state index in [1.165, 1.54) is 33.6 Å². The van der Waals surface area contributed by atoms with E-state index in [-0.39, 0.29) is 41.8 Å². The van der Waals surface area contributed by atoms with Crippen molar-refractivity contribution in [2.45, 2.75) is 24.4 Å². The standard InChI is InChI=1S/C26H31FN8O3S/c1-17-9-23(31-21-5-3-20(27)4-6-21)19(12-28)11-22(17)24-16-35(39(37,38)26-14-30-33(2)32-26)8-7-34(24)15-18-10-25(36)29-13-18/h3-6,9,11-12,14,18,24,28,31H,7-8,10,13,15-16H2,1-2H3,(H,29,36)/t18?,24-/m0/s1. The van der Waals surface area contributed by atoms with Gasteiger partial charge in [0.25, 0.3) is 10.0 Å². The third-order valence-corrected chi connectivity index (χ3v) is 8.99. The monoisotopic (exact) mass is 554 g/mol. The summed E-state index contributed by atoms with van der Waals surface area (Å²) in [5, 5.41) is 22.1. The average molecular weight is 555 g/mol. The van der Waals surface area contributed by atoms with Gasteiger partial charge in [-0.25, -0.2) is 12.8 Å². The number of aromatic nitrogens is 3. The highest BCUT2D eigenvalue weighted by Gasteiger charge is 2.38. The average Bonchev–Trinajstić information content (AvgIpc) is 3.54. The van der Waals surface area contributed by atoms with Crippen molar-refractivity contribution in [3.8, 4) is 0 Å². The molecule has 13 heteroatoms. The van der Waals surface area contributed by atoms with E-state index in [1.54, 1.807) is 19.2 Å². The van der Waals surface area contributed by atoms with Crippen LogP contribution >= 0.6 is 0 Å². The third-order valence-electron chi connectivity index (χ3n) is 7.27. The third kappa shape index (κ3) is 5.70. The van der Waals surface area contributed by atoms with Gasteiger partial charge in [0.1, 0.15) is 5.82 Å². The predicted octanol–water partition coefficient (Wildman–Crippen LogP) is 2.19. The van der Waals surface area contributed by atoms with E-state index in [9.17, 15) is 17.6 Å². The Morgan fingerprint density at radius 1 is 1.23 bits per heavy atom. The number of aryl methyl sites for hydroxylation is 2.